The summed E-state index contributed by atoms with van der Waals surface area (Å²) >= 11 is 0. The Morgan fingerprint density at radius 3 is 2.74 bits per heavy atom. The Morgan fingerprint density at radius 1 is 1.18 bits per heavy atom. The van der Waals surface area contributed by atoms with Crippen molar-refractivity contribution in [2.24, 2.45) is 11.8 Å². The number of ether oxygens (including phenoxy) is 1. The highest BCUT2D eigenvalue weighted by Crippen LogP contribution is 2.61. The van der Waals surface area contributed by atoms with Crippen LogP contribution in [-0.2, 0) is 21.4 Å². The standard InChI is InChI=1S/C27H26N2O5/c28-15-16-4-5-17(2-1-3-24(30)31)22(12-16)29-26(33)21-14-27(21)10-11-34-23-9-8-19(13-20(23)27)25(32)18-6-7-18/h4-5,8-9,12-13,18,21H,1-3,6-7,10-11,14H2,(H,29,33)(H,30,31)/t21-,27-/m0/s1. The lowest BCUT2D eigenvalue weighted by Gasteiger charge is -2.27. The number of benzene rings is 2. The molecule has 2 saturated carbocycles. The molecule has 2 N–H and O–H groups in total. The zero-order valence-corrected chi connectivity index (χ0v) is 18.8. The number of carbonyl (C=O) groups is 3. The van der Waals surface area contributed by atoms with Gasteiger partial charge in [0.1, 0.15) is 5.75 Å². The molecular formula is C27H26N2O5. The number of anilines is 1. The molecule has 0 unspecified atom stereocenters. The summed E-state index contributed by atoms with van der Waals surface area (Å²) in [5, 5.41) is 21.2. The fourth-order valence-corrected chi connectivity index (χ4v) is 5.11. The molecule has 0 radical (unpaired) electrons. The van der Waals surface area contributed by atoms with Gasteiger partial charge in [-0.2, -0.15) is 5.26 Å². The highest BCUT2D eigenvalue weighted by molar-refractivity contribution is 6.00. The van der Waals surface area contributed by atoms with Gasteiger partial charge >= 0.3 is 5.97 Å². The van der Waals surface area contributed by atoms with E-state index in [1.54, 1.807) is 18.2 Å². The molecule has 2 aliphatic carbocycles. The molecule has 3 aliphatic rings. The second kappa shape index (κ2) is 8.60. The molecule has 34 heavy (non-hydrogen) atoms. The first kappa shape index (κ1) is 22.1. The van der Waals surface area contributed by atoms with Crippen LogP contribution in [0.5, 0.6) is 5.75 Å². The van der Waals surface area contributed by atoms with E-state index in [2.05, 4.69) is 11.4 Å². The Morgan fingerprint density at radius 2 is 2.00 bits per heavy atom. The maximum absolute atomic E-state index is 13.3. The number of fused-ring (bicyclic) bond motifs is 2. The topological polar surface area (TPSA) is 116 Å². The van der Waals surface area contributed by atoms with Crippen molar-refractivity contribution in [3.05, 3.63) is 58.7 Å². The van der Waals surface area contributed by atoms with Crippen LogP contribution in [0.3, 0.4) is 0 Å². The van der Waals surface area contributed by atoms with Gasteiger partial charge in [-0.25, -0.2) is 0 Å². The van der Waals surface area contributed by atoms with Gasteiger partial charge < -0.3 is 15.2 Å². The lowest BCUT2D eigenvalue weighted by Crippen LogP contribution is -2.27. The molecule has 1 spiro atoms. The monoisotopic (exact) mass is 458 g/mol. The fraction of sp³-hybridized carbons (Fsp3) is 0.407. The van der Waals surface area contributed by atoms with Crippen LogP contribution >= 0.6 is 0 Å². The molecule has 2 fully saturated rings. The van der Waals surface area contributed by atoms with E-state index in [-0.39, 0.29) is 35.4 Å². The molecular weight excluding hydrogens is 432 g/mol. The number of aliphatic carboxylic acids is 1. The van der Waals surface area contributed by atoms with Gasteiger partial charge in [0.25, 0.3) is 0 Å². The second-order valence-electron chi connectivity index (χ2n) is 9.58. The SMILES string of the molecule is N#Cc1ccc(CCCC(=O)O)c(NC(=O)[C@@H]2C[C@]23CCOc2ccc(C(=O)C4CC4)cc23)c1. The van der Waals surface area contributed by atoms with Crippen molar-refractivity contribution in [3.8, 4) is 11.8 Å². The number of amides is 1. The zero-order chi connectivity index (χ0) is 23.9. The summed E-state index contributed by atoms with van der Waals surface area (Å²) < 4.78 is 5.84. The maximum Gasteiger partial charge on any atom is 0.303 e. The number of nitrogens with zero attached hydrogens (tertiary/aromatic N) is 1. The van der Waals surface area contributed by atoms with E-state index in [0.717, 1.165) is 29.7 Å². The lowest BCUT2D eigenvalue weighted by molar-refractivity contribution is -0.137. The molecule has 7 heteroatoms. The van der Waals surface area contributed by atoms with Crippen molar-refractivity contribution < 1.29 is 24.2 Å². The Kier molecular flexibility index (Phi) is 5.60. The Hall–Kier alpha value is -3.66. The number of nitriles is 1. The second-order valence-corrected chi connectivity index (χ2v) is 9.58. The van der Waals surface area contributed by atoms with E-state index in [9.17, 15) is 19.6 Å². The Balaban J connectivity index is 1.36. The van der Waals surface area contributed by atoms with Crippen molar-refractivity contribution in [2.75, 3.05) is 11.9 Å². The first-order chi connectivity index (χ1) is 16.4. The number of ketones is 1. The van der Waals surface area contributed by atoms with Crippen molar-refractivity contribution >= 4 is 23.3 Å². The number of carboxylic acid groups (broad SMARTS) is 1. The van der Waals surface area contributed by atoms with Gasteiger partial charge in [0.15, 0.2) is 5.78 Å². The van der Waals surface area contributed by atoms with Crippen LogP contribution in [0.15, 0.2) is 36.4 Å². The van der Waals surface area contributed by atoms with Crippen molar-refractivity contribution in [2.45, 2.75) is 50.4 Å². The summed E-state index contributed by atoms with van der Waals surface area (Å²) in [4.78, 5) is 36.8. The number of hydrogen-bond acceptors (Lipinski definition) is 5. The lowest BCUT2D eigenvalue weighted by atomic mass is 9.85. The van der Waals surface area contributed by atoms with E-state index in [4.69, 9.17) is 9.84 Å². The van der Waals surface area contributed by atoms with Crippen molar-refractivity contribution in [3.63, 3.8) is 0 Å². The molecule has 5 rings (SSSR count). The molecule has 1 heterocycles. The highest BCUT2D eigenvalue weighted by atomic mass is 16.5. The molecule has 7 nitrogen and oxygen atoms in total. The zero-order valence-electron chi connectivity index (χ0n) is 18.8. The summed E-state index contributed by atoms with van der Waals surface area (Å²) in [5.41, 5.74) is 3.10. The number of carboxylic acids is 1. The van der Waals surface area contributed by atoms with Gasteiger partial charge in [-0.15, -0.1) is 0 Å². The number of aryl methyl sites for hydroxylation is 1. The van der Waals surface area contributed by atoms with E-state index in [1.165, 1.54) is 0 Å². The summed E-state index contributed by atoms with van der Waals surface area (Å²) in [6, 6.07) is 12.8. The number of hydrogen-bond donors (Lipinski definition) is 2. The minimum Gasteiger partial charge on any atom is -0.493 e. The van der Waals surface area contributed by atoms with Gasteiger partial charge in [-0.1, -0.05) is 6.07 Å². The van der Waals surface area contributed by atoms with Crippen LogP contribution in [0.4, 0.5) is 5.69 Å². The highest BCUT2D eigenvalue weighted by Gasteiger charge is 2.61. The number of rotatable bonds is 8. The van der Waals surface area contributed by atoms with Gasteiger partial charge in [0, 0.05) is 40.5 Å². The van der Waals surface area contributed by atoms with Gasteiger partial charge in [0.2, 0.25) is 5.91 Å². The van der Waals surface area contributed by atoms with Crippen LogP contribution in [0.1, 0.15) is 65.6 Å². The third kappa shape index (κ3) is 4.16. The smallest absolute Gasteiger partial charge is 0.303 e. The predicted octanol–water partition coefficient (Wildman–Crippen LogP) is 4.24. The number of nitrogens with one attached hydrogen (secondary N) is 1. The molecule has 0 aromatic heterocycles. The average molecular weight is 459 g/mol. The fourth-order valence-electron chi connectivity index (χ4n) is 5.11. The quantitative estimate of drug-likeness (QED) is 0.572. The average Bonchev–Trinajstić information content (AvgIpc) is 3.75. The summed E-state index contributed by atoms with van der Waals surface area (Å²) in [6.07, 6.45) is 4.26. The van der Waals surface area contributed by atoms with Crippen LogP contribution in [-0.4, -0.2) is 29.4 Å². The largest absolute Gasteiger partial charge is 0.493 e. The van der Waals surface area contributed by atoms with Gasteiger partial charge in [-0.05, 0) is 74.4 Å². The molecule has 2 aromatic carbocycles. The van der Waals surface area contributed by atoms with Crippen LogP contribution in [0, 0.1) is 23.2 Å². The van der Waals surface area contributed by atoms with Crippen molar-refractivity contribution in [1.29, 1.82) is 5.26 Å². The first-order valence-electron chi connectivity index (χ1n) is 11.8. The first-order valence-corrected chi connectivity index (χ1v) is 11.8. The molecule has 2 atom stereocenters. The van der Waals surface area contributed by atoms with Crippen LogP contribution < -0.4 is 10.1 Å². The van der Waals surface area contributed by atoms with E-state index >= 15 is 0 Å². The molecule has 0 bridgehead atoms. The summed E-state index contributed by atoms with van der Waals surface area (Å²) in [5.74, 6) is -0.194. The van der Waals surface area contributed by atoms with Crippen LogP contribution in [0.25, 0.3) is 0 Å². The summed E-state index contributed by atoms with van der Waals surface area (Å²) in [7, 11) is 0. The Labute approximate surface area is 197 Å². The Bertz CT molecular complexity index is 1230. The molecule has 174 valence electrons. The molecule has 0 saturated heterocycles. The van der Waals surface area contributed by atoms with E-state index < -0.39 is 5.97 Å². The number of carbonyl (C=O) groups excluding carboxylic acids is 2. The van der Waals surface area contributed by atoms with Gasteiger partial charge in [0.05, 0.1) is 18.2 Å². The van der Waals surface area contributed by atoms with Crippen LogP contribution in [0.2, 0.25) is 0 Å². The minimum absolute atomic E-state index is 0.0395. The summed E-state index contributed by atoms with van der Waals surface area (Å²) in [6.45, 7) is 0.525. The van der Waals surface area contributed by atoms with Crippen molar-refractivity contribution in [1.82, 2.24) is 0 Å². The minimum atomic E-state index is -0.864. The van der Waals surface area contributed by atoms with E-state index in [0.29, 0.717) is 49.1 Å². The van der Waals surface area contributed by atoms with Gasteiger partial charge in [-0.3, -0.25) is 14.4 Å². The molecule has 1 aliphatic heterocycles. The third-order valence-electron chi connectivity index (χ3n) is 7.28. The molecule has 1 amide bonds. The van der Waals surface area contributed by atoms with E-state index in [1.807, 2.05) is 18.2 Å². The predicted molar refractivity (Wildman–Crippen MR) is 124 cm³/mol. The normalized spacial score (nSPS) is 22.3. The molecule has 2 aromatic rings. The maximum atomic E-state index is 13.3. The number of Topliss-reactive ketones (excluding diaryl/α,β-unsaturated/α-hetero) is 1. The third-order valence-corrected chi connectivity index (χ3v) is 7.28.